The molecular formula is C18H24ClN3O3S. The molecular weight excluding hydrogens is 374 g/mol. The van der Waals surface area contributed by atoms with E-state index in [1.807, 2.05) is 18.7 Å². The lowest BCUT2D eigenvalue weighted by Crippen LogP contribution is -2.36. The highest BCUT2D eigenvalue weighted by molar-refractivity contribution is 7.90. The van der Waals surface area contributed by atoms with Crippen molar-refractivity contribution in [3.05, 3.63) is 22.7 Å². The summed E-state index contributed by atoms with van der Waals surface area (Å²) in [5.74, 6) is 0.208. The third-order valence-corrected chi connectivity index (χ3v) is 6.43. The Bertz CT molecular complexity index is 851. The van der Waals surface area contributed by atoms with Crippen LogP contribution in [0.1, 0.15) is 62.7 Å². The van der Waals surface area contributed by atoms with Crippen molar-refractivity contribution < 1.29 is 13.2 Å². The van der Waals surface area contributed by atoms with Crippen LogP contribution in [0.25, 0.3) is 0 Å². The Hall–Kier alpha value is -1.60. The smallest absolute Gasteiger partial charge is 0.286 e. The Balaban J connectivity index is 2.02. The molecule has 0 unspecified atom stereocenters. The number of nitrogens with zero attached hydrogens (tertiary/aromatic N) is 2. The molecule has 0 radical (unpaired) electrons. The van der Waals surface area contributed by atoms with Gasteiger partial charge in [0, 0.05) is 19.0 Å². The first-order valence-corrected chi connectivity index (χ1v) is 10.9. The summed E-state index contributed by atoms with van der Waals surface area (Å²) in [5, 5.41) is 3.13. The van der Waals surface area contributed by atoms with Gasteiger partial charge in [-0.3, -0.25) is 4.79 Å². The Morgan fingerprint density at radius 2 is 2.12 bits per heavy atom. The average Bonchev–Trinajstić information content (AvgIpc) is 2.79. The van der Waals surface area contributed by atoms with E-state index in [4.69, 9.17) is 11.6 Å². The van der Waals surface area contributed by atoms with Gasteiger partial charge in [0.25, 0.3) is 15.9 Å². The molecule has 1 aromatic rings. The Kier molecular flexibility index (Phi) is 5.58. The molecule has 142 valence electrons. The second-order valence-corrected chi connectivity index (χ2v) is 8.89. The lowest BCUT2D eigenvalue weighted by Gasteiger charge is -2.30. The molecule has 3 rings (SSSR count). The molecule has 1 saturated heterocycles. The van der Waals surface area contributed by atoms with Gasteiger partial charge in [-0.05, 0) is 38.3 Å². The summed E-state index contributed by atoms with van der Waals surface area (Å²) in [6.45, 7) is 4.66. The van der Waals surface area contributed by atoms with Crippen molar-refractivity contribution in [3.8, 4) is 0 Å². The summed E-state index contributed by atoms with van der Waals surface area (Å²) in [7, 11) is -3.83. The maximum Gasteiger partial charge on any atom is 0.286 e. The summed E-state index contributed by atoms with van der Waals surface area (Å²) in [5.41, 5.74) is 0.700. The van der Waals surface area contributed by atoms with Gasteiger partial charge < -0.3 is 10.2 Å². The topological polar surface area (TPSA) is 78.8 Å². The number of anilines is 1. The van der Waals surface area contributed by atoms with Gasteiger partial charge in [0.1, 0.15) is 10.7 Å². The predicted molar refractivity (Wildman–Crippen MR) is 104 cm³/mol. The number of nitrogens with one attached hydrogen (secondary N) is 1. The molecule has 1 atom stereocenters. The molecule has 6 nitrogen and oxygen atoms in total. The van der Waals surface area contributed by atoms with Gasteiger partial charge in [-0.1, -0.05) is 31.4 Å². The van der Waals surface area contributed by atoms with Crippen LogP contribution in [-0.4, -0.2) is 32.7 Å². The van der Waals surface area contributed by atoms with Gasteiger partial charge in [0.15, 0.2) is 0 Å². The number of amidine groups is 1. The molecule has 2 heterocycles. The van der Waals surface area contributed by atoms with E-state index < -0.39 is 10.0 Å². The Morgan fingerprint density at radius 1 is 1.35 bits per heavy atom. The summed E-state index contributed by atoms with van der Waals surface area (Å²) in [6.07, 6.45) is 5.34. The van der Waals surface area contributed by atoms with Gasteiger partial charge in [-0.25, -0.2) is 0 Å². The predicted octanol–water partition coefficient (Wildman–Crippen LogP) is 3.74. The maximum absolute atomic E-state index is 12.7. The maximum atomic E-state index is 12.7. The van der Waals surface area contributed by atoms with E-state index in [0.717, 1.165) is 32.1 Å². The number of halogens is 1. The fraction of sp³-hybridized carbons (Fsp3) is 0.556. The van der Waals surface area contributed by atoms with E-state index in [9.17, 15) is 13.2 Å². The van der Waals surface area contributed by atoms with E-state index in [0.29, 0.717) is 24.5 Å². The van der Waals surface area contributed by atoms with Crippen LogP contribution in [0.2, 0.25) is 5.02 Å². The molecule has 0 aliphatic carbocycles. The largest absolute Gasteiger partial charge is 0.350 e. The summed E-state index contributed by atoms with van der Waals surface area (Å²) in [4.78, 5) is 14.5. The standard InChI is InChI=1S/C18H24ClN3O3S/c1-3-7-12(2)20-18(23)13-10-16-15(11-14(13)19)22-9-6-4-5-8-17(22)21-26(16,24)25/h10-12H,3-9H2,1-2H3,(H,20,23)/t12-/m0/s1. The van der Waals surface area contributed by atoms with E-state index in [-0.39, 0.29) is 27.4 Å². The van der Waals surface area contributed by atoms with Crippen LogP contribution in [-0.2, 0) is 10.0 Å². The Labute approximate surface area is 159 Å². The zero-order valence-electron chi connectivity index (χ0n) is 15.1. The van der Waals surface area contributed by atoms with Gasteiger partial charge in [-0.2, -0.15) is 8.42 Å². The third kappa shape index (κ3) is 3.74. The van der Waals surface area contributed by atoms with Crippen LogP contribution in [0.3, 0.4) is 0 Å². The first-order valence-electron chi connectivity index (χ1n) is 9.09. The molecule has 2 aliphatic rings. The molecule has 0 bridgehead atoms. The summed E-state index contributed by atoms with van der Waals surface area (Å²) >= 11 is 6.36. The lowest BCUT2D eigenvalue weighted by molar-refractivity contribution is 0.0938. The highest BCUT2D eigenvalue weighted by Crippen LogP contribution is 2.37. The normalized spacial score (nSPS) is 19.7. The monoisotopic (exact) mass is 397 g/mol. The van der Waals surface area contributed by atoms with Crippen LogP contribution in [0.4, 0.5) is 5.69 Å². The zero-order valence-corrected chi connectivity index (χ0v) is 16.7. The first-order chi connectivity index (χ1) is 12.3. The van der Waals surface area contributed by atoms with E-state index >= 15 is 0 Å². The van der Waals surface area contributed by atoms with Crippen molar-refractivity contribution in [1.82, 2.24) is 5.32 Å². The number of carbonyl (C=O) groups is 1. The second-order valence-electron chi connectivity index (χ2n) is 6.91. The molecule has 1 fully saturated rings. The highest BCUT2D eigenvalue weighted by atomic mass is 35.5. The highest BCUT2D eigenvalue weighted by Gasteiger charge is 2.33. The number of carbonyl (C=O) groups excluding carboxylic acids is 1. The molecule has 1 N–H and O–H groups in total. The molecule has 0 saturated carbocycles. The SMILES string of the molecule is CCC[C@H](C)NC(=O)c1cc2c(cc1Cl)N1CCCCCC1=NS2(=O)=O. The van der Waals surface area contributed by atoms with E-state index in [1.54, 1.807) is 6.07 Å². The second kappa shape index (κ2) is 7.56. The van der Waals surface area contributed by atoms with Gasteiger partial charge in [0.05, 0.1) is 16.3 Å². The van der Waals surface area contributed by atoms with Gasteiger partial charge in [0.2, 0.25) is 0 Å². The molecule has 1 aromatic carbocycles. The zero-order chi connectivity index (χ0) is 18.9. The van der Waals surface area contributed by atoms with Crippen molar-refractivity contribution in [3.63, 3.8) is 0 Å². The van der Waals surface area contributed by atoms with Crippen molar-refractivity contribution in [2.75, 3.05) is 11.4 Å². The van der Waals surface area contributed by atoms with E-state index in [1.165, 1.54) is 6.07 Å². The number of rotatable bonds is 4. The molecule has 0 aromatic heterocycles. The number of hydrogen-bond donors (Lipinski definition) is 1. The average molecular weight is 398 g/mol. The fourth-order valence-electron chi connectivity index (χ4n) is 3.48. The number of amides is 1. The van der Waals surface area contributed by atoms with Crippen LogP contribution in [0, 0.1) is 0 Å². The van der Waals surface area contributed by atoms with Crippen LogP contribution in [0.15, 0.2) is 21.4 Å². The number of benzene rings is 1. The fourth-order valence-corrected chi connectivity index (χ4v) is 4.99. The summed E-state index contributed by atoms with van der Waals surface area (Å²) < 4.78 is 29.3. The minimum Gasteiger partial charge on any atom is -0.350 e. The first kappa shape index (κ1) is 19.2. The third-order valence-electron chi connectivity index (χ3n) is 4.78. The minimum atomic E-state index is -3.83. The van der Waals surface area contributed by atoms with E-state index in [2.05, 4.69) is 9.71 Å². The number of fused-ring (bicyclic) bond motifs is 3. The molecule has 26 heavy (non-hydrogen) atoms. The number of hydrogen-bond acceptors (Lipinski definition) is 4. The van der Waals surface area contributed by atoms with Gasteiger partial charge >= 0.3 is 0 Å². The van der Waals surface area contributed by atoms with Crippen LogP contribution >= 0.6 is 11.6 Å². The van der Waals surface area contributed by atoms with Crippen molar-refractivity contribution in [2.24, 2.45) is 4.40 Å². The van der Waals surface area contributed by atoms with Crippen LogP contribution in [0.5, 0.6) is 0 Å². The summed E-state index contributed by atoms with van der Waals surface area (Å²) in [6, 6.07) is 2.95. The quantitative estimate of drug-likeness (QED) is 0.839. The van der Waals surface area contributed by atoms with Crippen molar-refractivity contribution in [2.45, 2.75) is 63.3 Å². The lowest BCUT2D eigenvalue weighted by atomic mass is 10.1. The number of sulfonamides is 1. The minimum absolute atomic E-state index is 0.00793. The molecule has 1 amide bonds. The van der Waals surface area contributed by atoms with Crippen LogP contribution < -0.4 is 10.2 Å². The Morgan fingerprint density at radius 3 is 2.85 bits per heavy atom. The van der Waals surface area contributed by atoms with Crippen molar-refractivity contribution >= 4 is 39.1 Å². The molecule has 8 heteroatoms. The van der Waals surface area contributed by atoms with Gasteiger partial charge in [-0.15, -0.1) is 4.40 Å². The molecule has 2 aliphatic heterocycles. The molecule has 0 spiro atoms. The van der Waals surface area contributed by atoms with Crippen molar-refractivity contribution in [1.29, 1.82) is 0 Å².